The number of aryl methyl sites for hydroxylation is 1. The van der Waals surface area contributed by atoms with E-state index in [9.17, 15) is 9.90 Å². The number of amides is 1. The van der Waals surface area contributed by atoms with Crippen LogP contribution in [-0.4, -0.2) is 15.6 Å². The first kappa shape index (κ1) is 13.2. The van der Waals surface area contributed by atoms with Gasteiger partial charge in [-0.3, -0.25) is 4.79 Å². The van der Waals surface area contributed by atoms with Crippen LogP contribution in [0, 0.1) is 0 Å². The van der Waals surface area contributed by atoms with Crippen molar-refractivity contribution >= 4 is 16.8 Å². The summed E-state index contributed by atoms with van der Waals surface area (Å²) in [5, 5.41) is 13.4. The Hall–Kier alpha value is -2.75. The summed E-state index contributed by atoms with van der Waals surface area (Å²) >= 11 is 0. The number of carbonyl (C=O) groups is 1. The summed E-state index contributed by atoms with van der Waals surface area (Å²) in [5.41, 5.74) is 2.41. The highest BCUT2D eigenvalue weighted by Crippen LogP contribution is 2.27. The first-order chi connectivity index (χ1) is 10.2. The molecule has 4 nitrogen and oxygen atoms in total. The lowest BCUT2D eigenvalue weighted by atomic mass is 10.2. The van der Waals surface area contributed by atoms with E-state index < -0.39 is 0 Å². The number of phenols is 1. The second-order valence-corrected chi connectivity index (χ2v) is 4.97. The summed E-state index contributed by atoms with van der Waals surface area (Å²) in [7, 11) is 1.82. The monoisotopic (exact) mass is 280 g/mol. The van der Waals surface area contributed by atoms with E-state index in [0.29, 0.717) is 17.6 Å². The maximum atomic E-state index is 12.3. The van der Waals surface area contributed by atoms with Crippen LogP contribution in [0.25, 0.3) is 10.9 Å². The van der Waals surface area contributed by atoms with E-state index in [2.05, 4.69) is 5.32 Å². The van der Waals surface area contributed by atoms with Crippen LogP contribution >= 0.6 is 0 Å². The van der Waals surface area contributed by atoms with Gasteiger partial charge in [-0.15, -0.1) is 0 Å². The molecule has 0 aliphatic carbocycles. The third-order valence-corrected chi connectivity index (χ3v) is 3.59. The van der Waals surface area contributed by atoms with Crippen molar-refractivity contribution in [3.8, 4) is 5.75 Å². The molecule has 4 heteroatoms. The normalized spacial score (nSPS) is 10.7. The van der Waals surface area contributed by atoms with Crippen molar-refractivity contribution < 1.29 is 9.90 Å². The number of nitrogens with zero attached hydrogens (tertiary/aromatic N) is 1. The molecule has 1 aromatic heterocycles. The molecule has 2 N–H and O–H groups in total. The van der Waals surface area contributed by atoms with E-state index in [4.69, 9.17) is 0 Å². The van der Waals surface area contributed by atoms with Gasteiger partial charge in [0.25, 0.3) is 5.91 Å². The first-order valence-electron chi connectivity index (χ1n) is 6.76. The molecule has 1 amide bonds. The van der Waals surface area contributed by atoms with E-state index in [1.807, 2.05) is 43.4 Å². The fourth-order valence-electron chi connectivity index (χ4n) is 2.43. The molecule has 21 heavy (non-hydrogen) atoms. The number of phenolic OH excluding ortho intramolecular Hbond substituents is 1. The Kier molecular flexibility index (Phi) is 3.36. The van der Waals surface area contributed by atoms with Gasteiger partial charge in [-0.05, 0) is 23.8 Å². The lowest BCUT2D eigenvalue weighted by Crippen LogP contribution is -2.24. The van der Waals surface area contributed by atoms with Crippen LogP contribution in [-0.2, 0) is 13.6 Å². The third-order valence-electron chi connectivity index (χ3n) is 3.59. The number of carbonyl (C=O) groups excluding carboxylic acids is 1. The minimum absolute atomic E-state index is 0.156. The van der Waals surface area contributed by atoms with Gasteiger partial charge in [0.1, 0.15) is 11.4 Å². The molecule has 0 spiro atoms. The predicted octanol–water partition coefficient (Wildman–Crippen LogP) is 2.81. The maximum absolute atomic E-state index is 12.3. The zero-order chi connectivity index (χ0) is 14.8. The van der Waals surface area contributed by atoms with Crippen LogP contribution in [0.1, 0.15) is 16.1 Å². The fourth-order valence-corrected chi connectivity index (χ4v) is 2.43. The SMILES string of the molecule is Cn1c(C(=O)NCc2ccccc2)cc2c(O)cccc21. The minimum Gasteiger partial charge on any atom is -0.507 e. The fraction of sp³-hybridized carbons (Fsp3) is 0.118. The molecule has 2 aromatic carbocycles. The van der Waals surface area contributed by atoms with E-state index in [1.54, 1.807) is 22.8 Å². The number of fused-ring (bicyclic) bond motifs is 1. The molecule has 3 aromatic rings. The van der Waals surface area contributed by atoms with Crippen molar-refractivity contribution in [3.63, 3.8) is 0 Å². The average Bonchev–Trinajstić information content (AvgIpc) is 2.85. The molecule has 106 valence electrons. The number of hydrogen-bond donors (Lipinski definition) is 2. The second kappa shape index (κ2) is 5.32. The van der Waals surface area contributed by atoms with Crippen molar-refractivity contribution in [1.82, 2.24) is 9.88 Å². The van der Waals surface area contributed by atoms with E-state index in [0.717, 1.165) is 11.1 Å². The number of nitrogens with one attached hydrogen (secondary N) is 1. The Morgan fingerprint density at radius 2 is 1.90 bits per heavy atom. The molecular formula is C17H16N2O2. The summed E-state index contributed by atoms with van der Waals surface area (Å²) in [4.78, 5) is 12.3. The minimum atomic E-state index is -0.156. The standard InChI is InChI=1S/C17H16N2O2/c1-19-14-8-5-9-16(20)13(14)10-15(19)17(21)18-11-12-6-3-2-4-7-12/h2-10,20H,11H2,1H3,(H,18,21). The van der Waals surface area contributed by atoms with Crippen LogP contribution in [0.5, 0.6) is 5.75 Å². The Balaban J connectivity index is 1.85. The Bertz CT molecular complexity index is 791. The predicted molar refractivity (Wildman–Crippen MR) is 82.2 cm³/mol. The summed E-state index contributed by atoms with van der Waals surface area (Å²) in [6, 6.07) is 16.7. The molecule has 0 saturated carbocycles. The molecule has 0 saturated heterocycles. The van der Waals surface area contributed by atoms with Crippen molar-refractivity contribution in [1.29, 1.82) is 0 Å². The van der Waals surface area contributed by atoms with Gasteiger partial charge in [-0.1, -0.05) is 36.4 Å². The second-order valence-electron chi connectivity index (χ2n) is 4.97. The van der Waals surface area contributed by atoms with Gasteiger partial charge in [0.05, 0.1) is 5.52 Å². The number of benzene rings is 2. The lowest BCUT2D eigenvalue weighted by Gasteiger charge is -2.06. The highest BCUT2D eigenvalue weighted by atomic mass is 16.3. The molecule has 0 atom stereocenters. The topological polar surface area (TPSA) is 54.3 Å². The van der Waals surface area contributed by atoms with Gasteiger partial charge < -0.3 is 15.0 Å². The highest BCUT2D eigenvalue weighted by Gasteiger charge is 2.14. The van der Waals surface area contributed by atoms with Gasteiger partial charge in [0.15, 0.2) is 0 Å². The van der Waals surface area contributed by atoms with Crippen LogP contribution in [0.15, 0.2) is 54.6 Å². The van der Waals surface area contributed by atoms with Crippen molar-refractivity contribution in [2.24, 2.45) is 7.05 Å². The zero-order valence-electron chi connectivity index (χ0n) is 11.7. The van der Waals surface area contributed by atoms with E-state index >= 15 is 0 Å². The largest absolute Gasteiger partial charge is 0.507 e. The quantitative estimate of drug-likeness (QED) is 0.775. The molecule has 0 unspecified atom stereocenters. The molecule has 0 fully saturated rings. The number of rotatable bonds is 3. The highest BCUT2D eigenvalue weighted by molar-refractivity contribution is 6.00. The summed E-state index contributed by atoms with van der Waals surface area (Å²) in [6.45, 7) is 0.479. The van der Waals surface area contributed by atoms with Gasteiger partial charge in [-0.25, -0.2) is 0 Å². The Morgan fingerprint density at radius 1 is 1.14 bits per heavy atom. The number of aromatic nitrogens is 1. The summed E-state index contributed by atoms with van der Waals surface area (Å²) in [5.74, 6) is 0.0298. The van der Waals surface area contributed by atoms with Crippen molar-refractivity contribution in [3.05, 3.63) is 65.9 Å². The van der Waals surface area contributed by atoms with Gasteiger partial charge in [0, 0.05) is 19.0 Å². The van der Waals surface area contributed by atoms with Crippen LogP contribution < -0.4 is 5.32 Å². The van der Waals surface area contributed by atoms with Gasteiger partial charge >= 0.3 is 0 Å². The Labute approximate surface area is 122 Å². The summed E-state index contributed by atoms with van der Waals surface area (Å²) in [6.07, 6.45) is 0. The van der Waals surface area contributed by atoms with E-state index in [-0.39, 0.29) is 11.7 Å². The first-order valence-corrected chi connectivity index (χ1v) is 6.76. The van der Waals surface area contributed by atoms with Crippen LogP contribution in [0.4, 0.5) is 0 Å². The Morgan fingerprint density at radius 3 is 2.62 bits per heavy atom. The van der Waals surface area contributed by atoms with Crippen LogP contribution in [0.3, 0.4) is 0 Å². The van der Waals surface area contributed by atoms with Crippen LogP contribution in [0.2, 0.25) is 0 Å². The smallest absolute Gasteiger partial charge is 0.268 e. The third kappa shape index (κ3) is 2.48. The molecule has 0 aliphatic heterocycles. The number of hydrogen-bond acceptors (Lipinski definition) is 2. The van der Waals surface area contributed by atoms with E-state index in [1.165, 1.54) is 0 Å². The molecule has 0 aliphatic rings. The van der Waals surface area contributed by atoms with Gasteiger partial charge in [-0.2, -0.15) is 0 Å². The molecule has 0 bridgehead atoms. The molecule has 3 rings (SSSR count). The lowest BCUT2D eigenvalue weighted by molar-refractivity contribution is 0.0943. The summed E-state index contributed by atoms with van der Waals surface area (Å²) < 4.78 is 1.79. The van der Waals surface area contributed by atoms with Crippen molar-refractivity contribution in [2.75, 3.05) is 0 Å². The average molecular weight is 280 g/mol. The zero-order valence-corrected chi connectivity index (χ0v) is 11.7. The number of aromatic hydroxyl groups is 1. The van der Waals surface area contributed by atoms with Gasteiger partial charge in [0.2, 0.25) is 0 Å². The van der Waals surface area contributed by atoms with Crippen molar-refractivity contribution in [2.45, 2.75) is 6.54 Å². The maximum Gasteiger partial charge on any atom is 0.268 e. The molecular weight excluding hydrogens is 264 g/mol. The molecule has 1 heterocycles. The molecule has 0 radical (unpaired) electrons.